The maximum atomic E-state index is 12.5. The zero-order valence-electron chi connectivity index (χ0n) is 14.9. The Bertz CT molecular complexity index is 787. The van der Waals surface area contributed by atoms with Gasteiger partial charge in [0.05, 0.1) is 12.4 Å². The number of fused-ring (bicyclic) bond motifs is 1. The first-order chi connectivity index (χ1) is 11.5. The lowest BCUT2D eigenvalue weighted by molar-refractivity contribution is 0.150. The Balaban J connectivity index is 1.95. The van der Waals surface area contributed by atoms with Crippen molar-refractivity contribution in [3.05, 3.63) is 27.2 Å². The quantitative estimate of drug-likeness (QED) is 0.704. The maximum absolute atomic E-state index is 12.5. The van der Waals surface area contributed by atoms with E-state index in [2.05, 4.69) is 11.9 Å². The van der Waals surface area contributed by atoms with Crippen molar-refractivity contribution in [1.29, 1.82) is 0 Å². The molecule has 7 nitrogen and oxygen atoms in total. The van der Waals surface area contributed by atoms with Gasteiger partial charge in [-0.3, -0.25) is 13.9 Å². The van der Waals surface area contributed by atoms with Gasteiger partial charge in [-0.15, -0.1) is 0 Å². The predicted octanol–water partition coefficient (Wildman–Crippen LogP) is 1.55. The number of rotatable bonds is 9. The minimum atomic E-state index is -0.315. The molecule has 0 aliphatic heterocycles. The number of aliphatic hydroxyl groups is 1. The average molecular weight is 336 g/mol. The van der Waals surface area contributed by atoms with Gasteiger partial charge in [0.1, 0.15) is 0 Å². The zero-order chi connectivity index (χ0) is 17.7. The molecule has 24 heavy (non-hydrogen) atoms. The summed E-state index contributed by atoms with van der Waals surface area (Å²) in [5.41, 5.74) is 0.296. The van der Waals surface area contributed by atoms with E-state index < -0.39 is 0 Å². The van der Waals surface area contributed by atoms with Crippen LogP contribution in [0, 0.1) is 0 Å². The molecule has 2 aromatic rings. The molecule has 0 aliphatic carbocycles. The number of hydrogen-bond acceptors (Lipinski definition) is 4. The zero-order valence-corrected chi connectivity index (χ0v) is 14.9. The van der Waals surface area contributed by atoms with Gasteiger partial charge in [-0.25, -0.2) is 9.78 Å². The number of nitrogens with zero attached hydrogens (tertiary/aromatic N) is 4. The molecule has 1 atom stereocenters. The Labute approximate surface area is 141 Å². The molecule has 0 fully saturated rings. The van der Waals surface area contributed by atoms with E-state index in [0.29, 0.717) is 17.7 Å². The summed E-state index contributed by atoms with van der Waals surface area (Å²) in [4.78, 5) is 29.0. The largest absolute Gasteiger partial charge is 0.393 e. The molecule has 1 unspecified atom stereocenters. The Morgan fingerprint density at radius 3 is 2.54 bits per heavy atom. The highest BCUT2D eigenvalue weighted by Gasteiger charge is 2.14. The van der Waals surface area contributed by atoms with Crippen LogP contribution in [0.15, 0.2) is 15.9 Å². The molecule has 7 heteroatoms. The van der Waals surface area contributed by atoms with E-state index in [1.54, 1.807) is 25.0 Å². The number of aliphatic hydroxyl groups excluding tert-OH is 1. The molecular formula is C17H28N4O3. The van der Waals surface area contributed by atoms with E-state index >= 15 is 0 Å². The Hall–Kier alpha value is -1.89. The summed E-state index contributed by atoms with van der Waals surface area (Å²) in [7, 11) is 3.40. The fraction of sp³-hybridized carbons (Fsp3) is 0.706. The van der Waals surface area contributed by atoms with Crippen LogP contribution >= 0.6 is 0 Å². The first kappa shape index (κ1) is 18.4. The molecule has 2 rings (SSSR count). The van der Waals surface area contributed by atoms with Crippen LogP contribution in [0.1, 0.15) is 51.9 Å². The average Bonchev–Trinajstić information content (AvgIpc) is 2.93. The number of aromatic nitrogens is 4. The van der Waals surface area contributed by atoms with Gasteiger partial charge < -0.3 is 9.67 Å². The molecule has 1 N–H and O–H groups in total. The second-order valence-corrected chi connectivity index (χ2v) is 6.47. The van der Waals surface area contributed by atoms with Crippen molar-refractivity contribution in [3.8, 4) is 0 Å². The molecule has 0 saturated heterocycles. The molecule has 0 amide bonds. The molecule has 0 bridgehead atoms. The molecule has 2 aromatic heterocycles. The smallest absolute Gasteiger partial charge is 0.332 e. The highest BCUT2D eigenvalue weighted by atomic mass is 16.3. The second kappa shape index (κ2) is 8.28. The summed E-state index contributed by atoms with van der Waals surface area (Å²) in [5, 5.41) is 9.70. The van der Waals surface area contributed by atoms with Crippen LogP contribution < -0.4 is 11.2 Å². The molecule has 0 saturated carbocycles. The lowest BCUT2D eigenvalue weighted by Crippen LogP contribution is -2.39. The molecule has 134 valence electrons. The Morgan fingerprint density at radius 2 is 1.83 bits per heavy atom. The van der Waals surface area contributed by atoms with Crippen molar-refractivity contribution in [2.45, 2.75) is 64.5 Å². The fourth-order valence-electron chi connectivity index (χ4n) is 3.07. The fourth-order valence-corrected chi connectivity index (χ4v) is 3.07. The number of imidazole rings is 1. The van der Waals surface area contributed by atoms with Crippen LogP contribution in [0.4, 0.5) is 0 Å². The highest BCUT2D eigenvalue weighted by Crippen LogP contribution is 2.10. The lowest BCUT2D eigenvalue weighted by atomic mass is 10.1. The van der Waals surface area contributed by atoms with E-state index in [0.717, 1.165) is 44.9 Å². The van der Waals surface area contributed by atoms with E-state index in [1.807, 2.05) is 0 Å². The van der Waals surface area contributed by atoms with Crippen LogP contribution in [-0.2, 0) is 20.6 Å². The molecule has 0 aromatic carbocycles. The van der Waals surface area contributed by atoms with Gasteiger partial charge in [-0.05, 0) is 19.3 Å². The van der Waals surface area contributed by atoms with Gasteiger partial charge in [-0.1, -0.05) is 32.6 Å². The van der Waals surface area contributed by atoms with Crippen LogP contribution in [0.3, 0.4) is 0 Å². The standard InChI is InChI=1S/C17H28N4O3/c1-4-9-13(22)10-7-5-6-8-11-21-16(23)14-15(18-12-19(14)2)20(3)17(21)24/h12-13,22H,4-11H2,1-3H3. The molecule has 0 aliphatic rings. The van der Waals surface area contributed by atoms with Crippen molar-refractivity contribution in [2.75, 3.05) is 0 Å². The molecule has 2 heterocycles. The van der Waals surface area contributed by atoms with Crippen molar-refractivity contribution >= 4 is 11.2 Å². The summed E-state index contributed by atoms with van der Waals surface area (Å²) in [5.74, 6) is 0. The van der Waals surface area contributed by atoms with E-state index in [-0.39, 0.29) is 17.4 Å². The van der Waals surface area contributed by atoms with Crippen molar-refractivity contribution in [3.63, 3.8) is 0 Å². The number of aryl methyl sites for hydroxylation is 2. The SMILES string of the molecule is CCCC(O)CCCCCCn1c(=O)c2c(ncn2C)n(C)c1=O. The van der Waals surface area contributed by atoms with Gasteiger partial charge in [0, 0.05) is 20.6 Å². The predicted molar refractivity (Wildman–Crippen MR) is 94.2 cm³/mol. The first-order valence-corrected chi connectivity index (χ1v) is 8.76. The number of unbranched alkanes of at least 4 members (excludes halogenated alkanes) is 3. The second-order valence-electron chi connectivity index (χ2n) is 6.47. The first-order valence-electron chi connectivity index (χ1n) is 8.76. The van der Waals surface area contributed by atoms with Crippen molar-refractivity contribution < 1.29 is 5.11 Å². The monoisotopic (exact) mass is 336 g/mol. The summed E-state index contributed by atoms with van der Waals surface area (Å²) < 4.78 is 4.39. The van der Waals surface area contributed by atoms with Crippen LogP contribution in [0.25, 0.3) is 11.2 Å². The third kappa shape index (κ3) is 3.95. The topological polar surface area (TPSA) is 82.1 Å². The minimum Gasteiger partial charge on any atom is -0.393 e. The van der Waals surface area contributed by atoms with Crippen molar-refractivity contribution in [2.24, 2.45) is 14.1 Å². The summed E-state index contributed by atoms with van der Waals surface area (Å²) in [6.45, 7) is 2.49. The van der Waals surface area contributed by atoms with E-state index in [1.165, 1.54) is 9.13 Å². The van der Waals surface area contributed by atoms with Crippen molar-refractivity contribution in [1.82, 2.24) is 18.7 Å². The van der Waals surface area contributed by atoms with Gasteiger partial charge >= 0.3 is 5.69 Å². The van der Waals surface area contributed by atoms with E-state index in [9.17, 15) is 14.7 Å². The van der Waals surface area contributed by atoms with Gasteiger partial charge in [0.2, 0.25) is 0 Å². The maximum Gasteiger partial charge on any atom is 0.332 e. The number of hydrogen-bond donors (Lipinski definition) is 1. The van der Waals surface area contributed by atoms with E-state index in [4.69, 9.17) is 0 Å². The van der Waals surface area contributed by atoms with Gasteiger partial charge in [-0.2, -0.15) is 0 Å². The Kier molecular flexibility index (Phi) is 6.36. The molecule has 0 radical (unpaired) electrons. The normalized spacial score (nSPS) is 12.8. The molecular weight excluding hydrogens is 308 g/mol. The van der Waals surface area contributed by atoms with Crippen LogP contribution in [0.5, 0.6) is 0 Å². The Morgan fingerprint density at radius 1 is 1.12 bits per heavy atom. The van der Waals surface area contributed by atoms with Gasteiger partial charge in [0.15, 0.2) is 11.2 Å². The lowest BCUT2D eigenvalue weighted by Gasteiger charge is -2.10. The molecule has 0 spiro atoms. The third-order valence-corrected chi connectivity index (χ3v) is 4.49. The summed E-state index contributed by atoms with van der Waals surface area (Å²) >= 11 is 0. The minimum absolute atomic E-state index is 0.197. The highest BCUT2D eigenvalue weighted by molar-refractivity contribution is 5.69. The van der Waals surface area contributed by atoms with Crippen LogP contribution in [-0.4, -0.2) is 29.9 Å². The van der Waals surface area contributed by atoms with Gasteiger partial charge in [0.25, 0.3) is 5.56 Å². The third-order valence-electron chi connectivity index (χ3n) is 4.49. The van der Waals surface area contributed by atoms with Crippen LogP contribution in [0.2, 0.25) is 0 Å². The summed E-state index contributed by atoms with van der Waals surface area (Å²) in [6, 6.07) is 0. The summed E-state index contributed by atoms with van der Waals surface area (Å²) in [6.07, 6.45) is 7.75.